The molecule has 0 unspecified atom stereocenters. The molecule has 0 heterocycles. The Kier molecular flexibility index (Phi) is 5.32. The quantitative estimate of drug-likeness (QED) is 0.905. The van der Waals surface area contributed by atoms with E-state index >= 15 is 0 Å². The molecule has 0 aliphatic carbocycles. The first-order chi connectivity index (χ1) is 9.90. The van der Waals surface area contributed by atoms with Crippen molar-refractivity contribution in [2.75, 3.05) is 12.8 Å². The SMILES string of the molecule is CS(=O)(=O)c1ccc(Sc2ccc(CCN)cc2Cl)cc1. The lowest BCUT2D eigenvalue weighted by Gasteiger charge is -2.07. The van der Waals surface area contributed by atoms with Crippen LogP contribution in [-0.4, -0.2) is 21.2 Å². The van der Waals surface area contributed by atoms with Gasteiger partial charge in [-0.05, 0) is 54.9 Å². The van der Waals surface area contributed by atoms with Gasteiger partial charge in [0.25, 0.3) is 0 Å². The predicted octanol–water partition coefficient (Wildman–Crippen LogP) is 3.40. The molecule has 112 valence electrons. The van der Waals surface area contributed by atoms with E-state index in [1.54, 1.807) is 24.3 Å². The highest BCUT2D eigenvalue weighted by Gasteiger charge is 2.08. The van der Waals surface area contributed by atoms with Gasteiger partial charge < -0.3 is 5.73 Å². The molecule has 0 saturated carbocycles. The summed E-state index contributed by atoms with van der Waals surface area (Å²) >= 11 is 7.76. The molecule has 3 nitrogen and oxygen atoms in total. The van der Waals surface area contributed by atoms with Crippen molar-refractivity contribution < 1.29 is 8.42 Å². The average molecular weight is 342 g/mol. The molecule has 2 aromatic rings. The van der Waals surface area contributed by atoms with Crippen LogP contribution in [0.25, 0.3) is 0 Å². The Morgan fingerprint density at radius 2 is 1.81 bits per heavy atom. The van der Waals surface area contributed by atoms with Crippen LogP contribution in [0.1, 0.15) is 5.56 Å². The number of benzene rings is 2. The fourth-order valence-corrected chi connectivity index (χ4v) is 3.60. The van der Waals surface area contributed by atoms with E-state index in [1.165, 1.54) is 18.0 Å². The zero-order valence-corrected chi connectivity index (χ0v) is 13.9. The van der Waals surface area contributed by atoms with E-state index in [4.69, 9.17) is 17.3 Å². The summed E-state index contributed by atoms with van der Waals surface area (Å²) in [5.41, 5.74) is 6.63. The number of hydrogen-bond acceptors (Lipinski definition) is 4. The van der Waals surface area contributed by atoms with E-state index in [2.05, 4.69) is 0 Å². The van der Waals surface area contributed by atoms with E-state index in [0.29, 0.717) is 16.5 Å². The van der Waals surface area contributed by atoms with Crippen LogP contribution < -0.4 is 5.73 Å². The van der Waals surface area contributed by atoms with Crippen LogP contribution in [0.3, 0.4) is 0 Å². The number of rotatable bonds is 5. The fourth-order valence-electron chi connectivity index (χ4n) is 1.83. The highest BCUT2D eigenvalue weighted by molar-refractivity contribution is 7.99. The third kappa shape index (κ3) is 4.48. The van der Waals surface area contributed by atoms with Gasteiger partial charge in [0.1, 0.15) is 0 Å². The highest BCUT2D eigenvalue weighted by Crippen LogP contribution is 2.34. The van der Waals surface area contributed by atoms with Gasteiger partial charge in [-0.1, -0.05) is 29.4 Å². The van der Waals surface area contributed by atoms with Gasteiger partial charge in [-0.2, -0.15) is 0 Å². The molecule has 0 fully saturated rings. The Labute approximate surface area is 134 Å². The van der Waals surface area contributed by atoms with Crippen LogP contribution in [0, 0.1) is 0 Å². The molecule has 0 radical (unpaired) electrons. The maximum atomic E-state index is 11.4. The Hall–Kier alpha value is -1.01. The minimum Gasteiger partial charge on any atom is -0.330 e. The van der Waals surface area contributed by atoms with Crippen LogP contribution in [-0.2, 0) is 16.3 Å². The summed E-state index contributed by atoms with van der Waals surface area (Å²) in [5.74, 6) is 0. The molecule has 6 heteroatoms. The first-order valence-corrected chi connectivity index (χ1v) is 9.45. The van der Waals surface area contributed by atoms with E-state index in [9.17, 15) is 8.42 Å². The summed E-state index contributed by atoms with van der Waals surface area (Å²) in [6.07, 6.45) is 2.00. The molecule has 2 rings (SSSR count). The standard InChI is InChI=1S/C15H16ClNO2S2/c1-21(18,19)13-5-3-12(4-6-13)20-15-7-2-11(8-9-17)10-14(15)16/h2-7,10H,8-9,17H2,1H3. The average Bonchev–Trinajstić information content (AvgIpc) is 2.42. The Morgan fingerprint density at radius 3 is 2.33 bits per heavy atom. The van der Waals surface area contributed by atoms with Crippen molar-refractivity contribution in [1.29, 1.82) is 0 Å². The second kappa shape index (κ2) is 6.83. The van der Waals surface area contributed by atoms with E-state index in [-0.39, 0.29) is 0 Å². The summed E-state index contributed by atoms with van der Waals surface area (Å²) in [4.78, 5) is 2.19. The minimum atomic E-state index is -3.16. The monoisotopic (exact) mass is 341 g/mol. The molecule has 2 N–H and O–H groups in total. The molecule has 21 heavy (non-hydrogen) atoms. The van der Waals surface area contributed by atoms with Gasteiger partial charge in [0.15, 0.2) is 9.84 Å². The van der Waals surface area contributed by atoms with Crippen LogP contribution >= 0.6 is 23.4 Å². The normalized spacial score (nSPS) is 11.6. The zero-order chi connectivity index (χ0) is 15.5. The molecule has 0 aromatic heterocycles. The summed E-state index contributed by atoms with van der Waals surface area (Å²) < 4.78 is 22.8. The lowest BCUT2D eigenvalue weighted by atomic mass is 10.1. The molecular weight excluding hydrogens is 326 g/mol. The number of nitrogens with two attached hydrogens (primary N) is 1. The van der Waals surface area contributed by atoms with E-state index in [0.717, 1.165) is 21.8 Å². The topological polar surface area (TPSA) is 60.2 Å². The summed E-state index contributed by atoms with van der Waals surface area (Å²) in [6.45, 7) is 0.593. The largest absolute Gasteiger partial charge is 0.330 e. The molecule has 2 aromatic carbocycles. The molecule has 0 spiro atoms. The predicted molar refractivity (Wildman–Crippen MR) is 87.9 cm³/mol. The number of sulfone groups is 1. The van der Waals surface area contributed by atoms with Crippen molar-refractivity contribution in [3.05, 3.63) is 53.1 Å². The van der Waals surface area contributed by atoms with Gasteiger partial charge in [-0.25, -0.2) is 8.42 Å². The smallest absolute Gasteiger partial charge is 0.175 e. The van der Waals surface area contributed by atoms with Crippen molar-refractivity contribution in [2.45, 2.75) is 21.1 Å². The summed E-state index contributed by atoms with van der Waals surface area (Å²) in [6, 6.07) is 12.7. The van der Waals surface area contributed by atoms with Crippen molar-refractivity contribution in [3.63, 3.8) is 0 Å². The summed E-state index contributed by atoms with van der Waals surface area (Å²) in [7, 11) is -3.16. The minimum absolute atomic E-state index is 0.316. The first-order valence-electron chi connectivity index (χ1n) is 6.36. The van der Waals surface area contributed by atoms with Crippen molar-refractivity contribution in [3.8, 4) is 0 Å². The van der Waals surface area contributed by atoms with Crippen molar-refractivity contribution in [1.82, 2.24) is 0 Å². The van der Waals surface area contributed by atoms with Crippen LogP contribution in [0.5, 0.6) is 0 Å². The summed E-state index contributed by atoms with van der Waals surface area (Å²) in [5, 5.41) is 0.679. The molecule has 0 saturated heterocycles. The van der Waals surface area contributed by atoms with E-state index < -0.39 is 9.84 Å². The number of halogens is 1. The highest BCUT2D eigenvalue weighted by atomic mass is 35.5. The first kappa shape index (κ1) is 16.4. The van der Waals surface area contributed by atoms with Gasteiger partial charge in [-0.15, -0.1) is 0 Å². The Bertz CT molecular complexity index is 728. The lowest BCUT2D eigenvalue weighted by Crippen LogP contribution is -2.02. The third-order valence-corrected chi connectivity index (χ3v) is 5.55. The molecule has 0 aliphatic rings. The maximum absolute atomic E-state index is 11.4. The van der Waals surface area contributed by atoms with Crippen LogP contribution in [0.15, 0.2) is 57.2 Å². The molecule has 0 aliphatic heterocycles. The second-order valence-electron chi connectivity index (χ2n) is 4.65. The molecule has 0 amide bonds. The Balaban J connectivity index is 2.18. The third-order valence-electron chi connectivity index (χ3n) is 2.91. The van der Waals surface area contributed by atoms with Gasteiger partial charge in [0.2, 0.25) is 0 Å². The van der Waals surface area contributed by atoms with Gasteiger partial charge in [0.05, 0.1) is 9.92 Å². The molecule has 0 atom stereocenters. The van der Waals surface area contributed by atoms with Gasteiger partial charge in [-0.3, -0.25) is 0 Å². The zero-order valence-electron chi connectivity index (χ0n) is 11.5. The maximum Gasteiger partial charge on any atom is 0.175 e. The van der Waals surface area contributed by atoms with Crippen molar-refractivity contribution in [2.24, 2.45) is 5.73 Å². The Morgan fingerprint density at radius 1 is 1.14 bits per heavy atom. The lowest BCUT2D eigenvalue weighted by molar-refractivity contribution is 0.602. The van der Waals surface area contributed by atoms with Gasteiger partial charge in [0, 0.05) is 16.0 Å². The van der Waals surface area contributed by atoms with Crippen molar-refractivity contribution >= 4 is 33.2 Å². The van der Waals surface area contributed by atoms with Crippen LogP contribution in [0.2, 0.25) is 5.02 Å². The molecular formula is C15H16ClNO2S2. The fraction of sp³-hybridized carbons (Fsp3) is 0.200. The second-order valence-corrected chi connectivity index (χ2v) is 8.19. The van der Waals surface area contributed by atoms with Gasteiger partial charge >= 0.3 is 0 Å². The molecule has 0 bridgehead atoms. The van der Waals surface area contributed by atoms with Crippen LogP contribution in [0.4, 0.5) is 0 Å². The van der Waals surface area contributed by atoms with E-state index in [1.807, 2.05) is 18.2 Å². The number of hydrogen-bond donors (Lipinski definition) is 1.